The first-order valence-electron chi connectivity index (χ1n) is 7.94. The van der Waals surface area contributed by atoms with Gasteiger partial charge in [0.05, 0.1) is 6.10 Å². The minimum Gasteiger partial charge on any atom is -0.391 e. The Morgan fingerprint density at radius 1 is 1.33 bits per heavy atom. The molecule has 0 radical (unpaired) electrons. The Morgan fingerprint density at radius 2 is 2.00 bits per heavy atom. The molecule has 2 rings (SSSR count). The number of rotatable bonds is 6. The highest BCUT2D eigenvalue weighted by Gasteiger charge is 2.31. The lowest BCUT2D eigenvalue weighted by Crippen LogP contribution is -2.37. The molecular weight excluding hydrogens is 262 g/mol. The van der Waals surface area contributed by atoms with Crippen molar-refractivity contribution >= 4 is 5.69 Å². The Hall–Kier alpha value is -1.10. The summed E-state index contributed by atoms with van der Waals surface area (Å²) in [5.41, 5.74) is 2.52. The highest BCUT2D eigenvalue weighted by atomic mass is 16.3. The first-order chi connectivity index (χ1) is 10.0. The Balaban J connectivity index is 2.09. The summed E-state index contributed by atoms with van der Waals surface area (Å²) in [7, 11) is 4.17. The van der Waals surface area contributed by atoms with Gasteiger partial charge in [0.2, 0.25) is 0 Å². The molecule has 3 atom stereocenters. The van der Waals surface area contributed by atoms with Gasteiger partial charge in [0.25, 0.3) is 0 Å². The number of anilines is 1. The third-order valence-electron chi connectivity index (χ3n) is 4.20. The van der Waals surface area contributed by atoms with Gasteiger partial charge in [-0.3, -0.25) is 0 Å². The van der Waals surface area contributed by atoms with Crippen LogP contribution in [-0.2, 0) is 0 Å². The molecule has 21 heavy (non-hydrogen) atoms. The van der Waals surface area contributed by atoms with Crippen molar-refractivity contribution in [3.8, 4) is 0 Å². The molecule has 1 saturated heterocycles. The van der Waals surface area contributed by atoms with E-state index >= 15 is 0 Å². The predicted molar refractivity (Wildman–Crippen MR) is 88.8 cm³/mol. The predicted octanol–water partition coefficient (Wildman–Crippen LogP) is 1.86. The average molecular weight is 291 g/mol. The lowest BCUT2D eigenvalue weighted by molar-refractivity contribution is 0.191. The monoisotopic (exact) mass is 291 g/mol. The highest BCUT2D eigenvalue weighted by Crippen LogP contribution is 2.27. The van der Waals surface area contributed by atoms with Gasteiger partial charge < -0.3 is 20.2 Å². The Kier molecular flexibility index (Phi) is 5.62. The summed E-state index contributed by atoms with van der Waals surface area (Å²) >= 11 is 0. The summed E-state index contributed by atoms with van der Waals surface area (Å²) in [5.74, 6) is 0. The van der Waals surface area contributed by atoms with Crippen molar-refractivity contribution in [3.63, 3.8) is 0 Å². The molecule has 1 heterocycles. The van der Waals surface area contributed by atoms with Gasteiger partial charge in [-0.25, -0.2) is 0 Å². The van der Waals surface area contributed by atoms with E-state index in [4.69, 9.17) is 0 Å². The second kappa shape index (κ2) is 7.25. The van der Waals surface area contributed by atoms with Crippen molar-refractivity contribution in [2.45, 2.75) is 38.5 Å². The van der Waals surface area contributed by atoms with Gasteiger partial charge in [-0.05, 0) is 51.7 Å². The summed E-state index contributed by atoms with van der Waals surface area (Å²) in [4.78, 5) is 4.53. The third kappa shape index (κ3) is 4.19. The molecule has 0 aromatic heterocycles. The van der Waals surface area contributed by atoms with Crippen LogP contribution in [0.2, 0.25) is 0 Å². The molecule has 1 aromatic rings. The van der Waals surface area contributed by atoms with Crippen LogP contribution in [0.25, 0.3) is 0 Å². The molecule has 1 aliphatic rings. The number of aliphatic hydroxyl groups is 1. The molecule has 0 amide bonds. The number of β-amino-alcohol motifs (C(OH)–C–C–N with tert-alkyl or cyclic N) is 1. The average Bonchev–Trinajstić information content (AvgIpc) is 2.79. The van der Waals surface area contributed by atoms with E-state index in [2.05, 4.69) is 67.3 Å². The van der Waals surface area contributed by atoms with E-state index in [1.807, 2.05) is 0 Å². The van der Waals surface area contributed by atoms with Gasteiger partial charge in [0.15, 0.2) is 0 Å². The zero-order valence-corrected chi connectivity index (χ0v) is 13.7. The van der Waals surface area contributed by atoms with Crippen LogP contribution in [0.5, 0.6) is 0 Å². The summed E-state index contributed by atoms with van der Waals surface area (Å²) in [6.45, 7) is 7.01. The van der Waals surface area contributed by atoms with Crippen molar-refractivity contribution in [1.29, 1.82) is 0 Å². The quantitative estimate of drug-likeness (QED) is 0.839. The van der Waals surface area contributed by atoms with Gasteiger partial charge in [-0.1, -0.05) is 19.1 Å². The van der Waals surface area contributed by atoms with Gasteiger partial charge in [0.1, 0.15) is 0 Å². The van der Waals surface area contributed by atoms with E-state index in [9.17, 15) is 5.11 Å². The topological polar surface area (TPSA) is 38.7 Å². The SMILES string of the molecule is CCNC(C)c1ccc(N2CC(O)CC2CN(C)C)cc1. The lowest BCUT2D eigenvalue weighted by atomic mass is 10.1. The standard InChI is InChI=1S/C17H29N3O/c1-5-18-13(2)14-6-8-15(9-7-14)20-12-17(21)10-16(20)11-19(3)4/h6-9,13,16-18,21H,5,10-12H2,1-4H3. The molecule has 0 bridgehead atoms. The molecular formula is C17H29N3O. The van der Waals surface area contributed by atoms with E-state index in [1.165, 1.54) is 11.3 Å². The Bertz CT molecular complexity index is 432. The zero-order valence-electron chi connectivity index (χ0n) is 13.7. The first kappa shape index (κ1) is 16.3. The van der Waals surface area contributed by atoms with Crippen molar-refractivity contribution < 1.29 is 5.11 Å². The molecule has 1 aliphatic heterocycles. The van der Waals surface area contributed by atoms with Crippen molar-refractivity contribution in [2.24, 2.45) is 0 Å². The molecule has 0 spiro atoms. The van der Waals surface area contributed by atoms with E-state index in [0.717, 1.165) is 26.1 Å². The molecule has 4 heteroatoms. The van der Waals surface area contributed by atoms with E-state index in [-0.39, 0.29) is 6.10 Å². The zero-order chi connectivity index (χ0) is 15.4. The molecule has 1 aromatic carbocycles. The number of likely N-dealkylation sites (N-methyl/N-ethyl adjacent to an activating group) is 1. The molecule has 0 saturated carbocycles. The number of nitrogens with zero attached hydrogens (tertiary/aromatic N) is 2. The third-order valence-corrected chi connectivity index (χ3v) is 4.20. The summed E-state index contributed by atoms with van der Waals surface area (Å²) in [6.07, 6.45) is 0.642. The second-order valence-electron chi connectivity index (χ2n) is 6.33. The Labute approximate surface area is 128 Å². The fourth-order valence-electron chi connectivity index (χ4n) is 3.18. The first-order valence-corrected chi connectivity index (χ1v) is 7.94. The second-order valence-corrected chi connectivity index (χ2v) is 6.33. The molecule has 1 fully saturated rings. The maximum atomic E-state index is 9.99. The largest absolute Gasteiger partial charge is 0.391 e. The van der Waals surface area contributed by atoms with Gasteiger partial charge >= 0.3 is 0 Å². The molecule has 0 aliphatic carbocycles. The normalized spacial score (nSPS) is 23.8. The summed E-state index contributed by atoms with van der Waals surface area (Å²) in [6, 6.07) is 9.53. The highest BCUT2D eigenvalue weighted by molar-refractivity contribution is 5.50. The minimum absolute atomic E-state index is 0.213. The van der Waals surface area contributed by atoms with E-state index in [1.54, 1.807) is 0 Å². The number of nitrogens with one attached hydrogen (secondary N) is 1. The van der Waals surface area contributed by atoms with Crippen LogP contribution in [0.3, 0.4) is 0 Å². The van der Waals surface area contributed by atoms with Crippen molar-refractivity contribution in [2.75, 3.05) is 38.6 Å². The van der Waals surface area contributed by atoms with Crippen LogP contribution in [0, 0.1) is 0 Å². The maximum absolute atomic E-state index is 9.99. The Morgan fingerprint density at radius 3 is 2.57 bits per heavy atom. The number of hydrogen-bond acceptors (Lipinski definition) is 4. The fourth-order valence-corrected chi connectivity index (χ4v) is 3.18. The molecule has 2 N–H and O–H groups in total. The molecule has 118 valence electrons. The van der Waals surface area contributed by atoms with Crippen molar-refractivity contribution in [3.05, 3.63) is 29.8 Å². The summed E-state index contributed by atoms with van der Waals surface area (Å²) < 4.78 is 0. The van der Waals surface area contributed by atoms with Gasteiger partial charge in [-0.15, -0.1) is 0 Å². The molecule has 4 nitrogen and oxygen atoms in total. The summed E-state index contributed by atoms with van der Waals surface area (Å²) in [5, 5.41) is 13.4. The number of aliphatic hydroxyl groups excluding tert-OH is 1. The van der Waals surface area contributed by atoms with Crippen molar-refractivity contribution in [1.82, 2.24) is 10.2 Å². The minimum atomic E-state index is -0.213. The van der Waals surface area contributed by atoms with E-state index < -0.39 is 0 Å². The van der Waals surface area contributed by atoms with Gasteiger partial charge in [0, 0.05) is 30.9 Å². The maximum Gasteiger partial charge on any atom is 0.0735 e. The van der Waals surface area contributed by atoms with Crippen LogP contribution in [0.1, 0.15) is 31.9 Å². The van der Waals surface area contributed by atoms with Crippen LogP contribution in [-0.4, -0.2) is 55.9 Å². The van der Waals surface area contributed by atoms with Crippen LogP contribution < -0.4 is 10.2 Å². The van der Waals surface area contributed by atoms with Crippen LogP contribution in [0.4, 0.5) is 5.69 Å². The van der Waals surface area contributed by atoms with Gasteiger partial charge in [-0.2, -0.15) is 0 Å². The lowest BCUT2D eigenvalue weighted by Gasteiger charge is -2.29. The fraction of sp³-hybridized carbons (Fsp3) is 0.647. The van der Waals surface area contributed by atoms with Crippen LogP contribution in [0.15, 0.2) is 24.3 Å². The molecule has 3 unspecified atom stereocenters. The number of benzene rings is 1. The van der Waals surface area contributed by atoms with E-state index in [0.29, 0.717) is 12.1 Å². The number of hydrogen-bond donors (Lipinski definition) is 2. The van der Waals surface area contributed by atoms with Crippen LogP contribution >= 0.6 is 0 Å². The smallest absolute Gasteiger partial charge is 0.0735 e.